The van der Waals surface area contributed by atoms with Gasteiger partial charge in [0.1, 0.15) is 5.69 Å². The molecule has 0 aliphatic heterocycles. The third-order valence-corrected chi connectivity index (χ3v) is 4.58. The van der Waals surface area contributed by atoms with Crippen molar-refractivity contribution in [3.8, 4) is 5.69 Å². The maximum atomic E-state index is 12.4. The predicted octanol–water partition coefficient (Wildman–Crippen LogP) is 4.29. The second-order valence-electron chi connectivity index (χ2n) is 7.23. The van der Waals surface area contributed by atoms with Crippen molar-refractivity contribution in [3.63, 3.8) is 0 Å². The lowest BCUT2D eigenvalue weighted by atomic mass is 9.92. The van der Waals surface area contributed by atoms with E-state index in [0.717, 1.165) is 0 Å². The molecule has 0 aliphatic rings. The number of benzene rings is 2. The van der Waals surface area contributed by atoms with Crippen LogP contribution in [0, 0.1) is 0 Å². The monoisotopic (exact) mass is 348 g/mol. The van der Waals surface area contributed by atoms with E-state index in [9.17, 15) is 4.79 Å². The van der Waals surface area contributed by atoms with Crippen molar-refractivity contribution >= 4 is 5.78 Å². The molecule has 4 heteroatoms. The van der Waals surface area contributed by atoms with Crippen LogP contribution >= 0.6 is 0 Å². The lowest BCUT2D eigenvalue weighted by molar-refractivity contribution is -0.597. The van der Waals surface area contributed by atoms with E-state index in [2.05, 4.69) is 51.0 Å². The van der Waals surface area contributed by atoms with Crippen molar-refractivity contribution in [1.82, 2.24) is 9.78 Å². The molecule has 0 aliphatic carbocycles. The van der Waals surface area contributed by atoms with E-state index >= 15 is 0 Å². The number of hydrogen-bond donors (Lipinski definition) is 0. The smallest absolute Gasteiger partial charge is 0.270 e. The molecule has 0 bridgehead atoms. The van der Waals surface area contributed by atoms with Gasteiger partial charge in [0.25, 0.3) is 6.33 Å². The van der Waals surface area contributed by atoms with Crippen LogP contribution in [0.2, 0.25) is 0 Å². The first-order valence-corrected chi connectivity index (χ1v) is 9.12. The Bertz CT molecular complexity index is 869. The number of para-hydroxylation sites is 1. The fourth-order valence-corrected chi connectivity index (χ4v) is 3.19. The predicted molar refractivity (Wildman–Crippen MR) is 103 cm³/mol. The van der Waals surface area contributed by atoms with Gasteiger partial charge >= 0.3 is 0 Å². The third-order valence-electron chi connectivity index (χ3n) is 4.58. The molecule has 4 nitrogen and oxygen atoms in total. The zero-order valence-electron chi connectivity index (χ0n) is 15.9. The molecule has 0 saturated carbocycles. The van der Waals surface area contributed by atoms with E-state index in [1.165, 1.54) is 16.8 Å². The minimum atomic E-state index is 0.0575. The maximum absolute atomic E-state index is 12.4. The van der Waals surface area contributed by atoms with Crippen LogP contribution in [0.4, 0.5) is 0 Å². The number of ketones is 1. The van der Waals surface area contributed by atoms with Gasteiger partial charge in [0.05, 0.1) is 0 Å². The van der Waals surface area contributed by atoms with Gasteiger partial charge in [-0.3, -0.25) is 4.79 Å². The molecule has 2 aromatic carbocycles. The molecule has 0 N–H and O–H groups in total. The number of aromatic nitrogens is 3. The second kappa shape index (κ2) is 7.65. The van der Waals surface area contributed by atoms with Gasteiger partial charge in [-0.05, 0) is 23.0 Å². The summed E-state index contributed by atoms with van der Waals surface area (Å²) in [7, 11) is 0. The maximum Gasteiger partial charge on any atom is 0.270 e. The van der Waals surface area contributed by atoms with Crippen LogP contribution in [0.25, 0.3) is 5.69 Å². The van der Waals surface area contributed by atoms with Crippen LogP contribution in [-0.4, -0.2) is 15.6 Å². The molecule has 26 heavy (non-hydrogen) atoms. The van der Waals surface area contributed by atoms with Crippen molar-refractivity contribution in [2.75, 3.05) is 0 Å². The summed E-state index contributed by atoms with van der Waals surface area (Å²) in [6.45, 7) is 9.04. The number of hydrogen-bond acceptors (Lipinski definition) is 2. The summed E-state index contributed by atoms with van der Waals surface area (Å²) in [6, 6.07) is 15.8. The highest BCUT2D eigenvalue weighted by molar-refractivity contribution is 5.95. The van der Waals surface area contributed by atoms with Crippen LogP contribution in [0.15, 0.2) is 61.2 Å². The summed E-state index contributed by atoms with van der Waals surface area (Å²) in [4.78, 5) is 12.4. The van der Waals surface area contributed by atoms with E-state index < -0.39 is 0 Å². The van der Waals surface area contributed by atoms with Crippen molar-refractivity contribution < 1.29 is 9.36 Å². The minimum absolute atomic E-state index is 0.0575. The van der Waals surface area contributed by atoms with Crippen LogP contribution in [-0.2, 0) is 6.54 Å². The van der Waals surface area contributed by atoms with E-state index in [0.29, 0.717) is 17.4 Å². The summed E-state index contributed by atoms with van der Waals surface area (Å²) in [6.07, 6.45) is 3.71. The highest BCUT2D eigenvalue weighted by Gasteiger charge is 2.20. The van der Waals surface area contributed by atoms with Gasteiger partial charge in [0, 0.05) is 10.7 Å². The molecular weight excluding hydrogens is 322 g/mol. The number of rotatable bonds is 6. The Balaban J connectivity index is 1.94. The van der Waals surface area contributed by atoms with Crippen molar-refractivity contribution in [1.29, 1.82) is 0 Å². The molecule has 0 unspecified atom stereocenters. The van der Waals surface area contributed by atoms with Crippen LogP contribution < -0.4 is 4.57 Å². The molecule has 0 spiro atoms. The van der Waals surface area contributed by atoms with Crippen LogP contribution in [0.5, 0.6) is 0 Å². The molecule has 1 aromatic heterocycles. The lowest BCUT2D eigenvalue weighted by Gasteiger charge is -2.16. The highest BCUT2D eigenvalue weighted by Crippen LogP contribution is 2.27. The van der Waals surface area contributed by atoms with E-state index in [-0.39, 0.29) is 12.3 Å². The van der Waals surface area contributed by atoms with E-state index in [1.54, 1.807) is 11.0 Å². The number of carbonyl (C=O) groups is 1. The molecule has 3 rings (SSSR count). The Hall–Kier alpha value is -2.75. The molecule has 134 valence electrons. The zero-order chi connectivity index (χ0) is 18.7. The lowest BCUT2D eigenvalue weighted by Crippen LogP contribution is -2.32. The Labute approximate surface area is 155 Å². The third kappa shape index (κ3) is 3.74. The Morgan fingerprint density at radius 2 is 1.58 bits per heavy atom. The molecule has 1 heterocycles. The van der Waals surface area contributed by atoms with Gasteiger partial charge in [-0.15, -0.1) is 4.68 Å². The standard InChI is InChI=1S/C22H26N3O/c1-16(2)19-11-8-12-20(17(3)4)22(19)24-14-23-25(15-24)13-21(26)18-9-6-5-7-10-18/h5-12,14-17H,13H2,1-4H3/q+1. The fraction of sp³-hybridized carbons (Fsp3) is 0.318. The van der Waals surface area contributed by atoms with Crippen molar-refractivity contribution in [2.24, 2.45) is 0 Å². The Morgan fingerprint density at radius 1 is 0.962 bits per heavy atom. The first-order chi connectivity index (χ1) is 12.5. The Kier molecular flexibility index (Phi) is 5.31. The second-order valence-corrected chi connectivity index (χ2v) is 7.23. The largest absolute Gasteiger partial charge is 0.290 e. The highest BCUT2D eigenvalue weighted by atomic mass is 16.1. The van der Waals surface area contributed by atoms with Gasteiger partial charge in [-0.1, -0.05) is 76.2 Å². The number of nitrogens with zero attached hydrogens (tertiary/aromatic N) is 3. The van der Waals surface area contributed by atoms with Crippen molar-refractivity contribution in [3.05, 3.63) is 77.9 Å². The Morgan fingerprint density at radius 3 is 2.15 bits per heavy atom. The molecule has 3 aromatic rings. The van der Waals surface area contributed by atoms with Gasteiger partial charge in [0.2, 0.25) is 6.33 Å². The molecule has 0 radical (unpaired) electrons. The molecule has 0 fully saturated rings. The van der Waals surface area contributed by atoms with Gasteiger partial charge in [-0.2, -0.15) is 0 Å². The summed E-state index contributed by atoms with van der Waals surface area (Å²) in [5, 5.41) is 4.42. The first kappa shape index (κ1) is 18.1. The molecule has 0 saturated heterocycles. The normalized spacial score (nSPS) is 11.3. The SMILES string of the molecule is CC(C)c1cccc(C(C)C)c1-[n+]1cnn(CC(=O)c2ccccc2)c1. The average Bonchev–Trinajstić information content (AvgIpc) is 3.09. The van der Waals surface area contributed by atoms with Crippen LogP contribution in [0.1, 0.15) is 61.0 Å². The van der Waals surface area contributed by atoms with E-state index in [1.807, 2.05) is 41.2 Å². The fourth-order valence-electron chi connectivity index (χ4n) is 3.19. The average molecular weight is 348 g/mol. The molecule has 0 atom stereocenters. The summed E-state index contributed by atoms with van der Waals surface area (Å²) in [5.41, 5.74) is 4.46. The number of Topliss-reactive ketones (excluding diaryl/α,β-unsaturated/α-hetero) is 1. The zero-order valence-corrected chi connectivity index (χ0v) is 15.9. The minimum Gasteiger partial charge on any atom is -0.290 e. The quantitative estimate of drug-likeness (QED) is 0.492. The van der Waals surface area contributed by atoms with Gasteiger partial charge < -0.3 is 0 Å². The van der Waals surface area contributed by atoms with E-state index in [4.69, 9.17) is 0 Å². The summed E-state index contributed by atoms with van der Waals surface area (Å²) >= 11 is 0. The van der Waals surface area contributed by atoms with Crippen molar-refractivity contribution in [2.45, 2.75) is 46.1 Å². The summed E-state index contributed by atoms with van der Waals surface area (Å²) < 4.78 is 3.75. The van der Waals surface area contributed by atoms with Gasteiger partial charge in [0.15, 0.2) is 12.3 Å². The topological polar surface area (TPSA) is 38.8 Å². The first-order valence-electron chi connectivity index (χ1n) is 9.12. The molecular formula is C22H26N3O+. The molecule has 0 amide bonds. The summed E-state index contributed by atoms with van der Waals surface area (Å²) in [5.74, 6) is 0.873. The number of carbonyl (C=O) groups excluding carboxylic acids is 1. The van der Waals surface area contributed by atoms with Crippen LogP contribution in [0.3, 0.4) is 0 Å². The van der Waals surface area contributed by atoms with Gasteiger partial charge in [-0.25, -0.2) is 4.57 Å².